The fourth-order valence-electron chi connectivity index (χ4n) is 2.35. The highest BCUT2D eigenvalue weighted by atomic mass is 16.3. The van der Waals surface area contributed by atoms with Crippen molar-refractivity contribution in [2.45, 2.75) is 66.0 Å². The van der Waals surface area contributed by atoms with Gasteiger partial charge in [-0.2, -0.15) is 0 Å². The lowest BCUT2D eigenvalue weighted by atomic mass is 9.96. The lowest BCUT2D eigenvalue weighted by Crippen LogP contribution is -2.46. The minimum atomic E-state index is -0.116. The predicted molar refractivity (Wildman–Crippen MR) is 79.9 cm³/mol. The van der Waals surface area contributed by atoms with Crippen LogP contribution in [0.25, 0.3) is 0 Å². The van der Waals surface area contributed by atoms with Crippen LogP contribution < -0.4 is 5.32 Å². The first-order valence-electron chi connectivity index (χ1n) is 7.44. The summed E-state index contributed by atoms with van der Waals surface area (Å²) >= 11 is 0. The standard InChI is InChI=1S/C15H34N2O/c1-7-16-15(6,12-18)9-8-10-17(14(4)5)11-13(2)3/h13-14,16,18H,7-12H2,1-6H3. The maximum atomic E-state index is 9.46. The van der Waals surface area contributed by atoms with Crippen molar-refractivity contribution in [2.75, 3.05) is 26.2 Å². The fourth-order valence-corrected chi connectivity index (χ4v) is 2.35. The Morgan fingerprint density at radius 2 is 1.83 bits per heavy atom. The Balaban J connectivity index is 4.11. The first-order valence-corrected chi connectivity index (χ1v) is 7.44. The zero-order chi connectivity index (χ0) is 14.2. The number of nitrogens with zero attached hydrogens (tertiary/aromatic N) is 1. The molecule has 0 spiro atoms. The lowest BCUT2D eigenvalue weighted by Gasteiger charge is -2.32. The molecule has 18 heavy (non-hydrogen) atoms. The number of aliphatic hydroxyl groups excluding tert-OH is 1. The van der Waals surface area contributed by atoms with E-state index in [1.54, 1.807) is 0 Å². The van der Waals surface area contributed by atoms with E-state index >= 15 is 0 Å². The van der Waals surface area contributed by atoms with Crippen LogP contribution in [0.4, 0.5) is 0 Å². The highest BCUT2D eigenvalue weighted by molar-refractivity contribution is 4.82. The maximum Gasteiger partial charge on any atom is 0.0610 e. The van der Waals surface area contributed by atoms with Crippen molar-refractivity contribution >= 4 is 0 Å². The van der Waals surface area contributed by atoms with Gasteiger partial charge in [0.05, 0.1) is 6.61 Å². The van der Waals surface area contributed by atoms with Gasteiger partial charge in [0.2, 0.25) is 0 Å². The van der Waals surface area contributed by atoms with Crippen LogP contribution in [0.15, 0.2) is 0 Å². The molecule has 0 aliphatic heterocycles. The predicted octanol–water partition coefficient (Wildman–Crippen LogP) is 2.49. The average molecular weight is 258 g/mol. The third-order valence-electron chi connectivity index (χ3n) is 3.46. The molecule has 0 aromatic carbocycles. The number of hydrogen-bond acceptors (Lipinski definition) is 3. The molecule has 3 nitrogen and oxygen atoms in total. The summed E-state index contributed by atoms with van der Waals surface area (Å²) in [5.41, 5.74) is -0.116. The fraction of sp³-hybridized carbons (Fsp3) is 1.00. The Bertz CT molecular complexity index is 207. The highest BCUT2D eigenvalue weighted by Gasteiger charge is 2.22. The molecule has 3 heteroatoms. The van der Waals surface area contributed by atoms with Gasteiger partial charge < -0.3 is 15.3 Å². The Kier molecular flexibility index (Phi) is 8.83. The van der Waals surface area contributed by atoms with Crippen LogP contribution in [0.3, 0.4) is 0 Å². The lowest BCUT2D eigenvalue weighted by molar-refractivity contribution is 0.147. The zero-order valence-electron chi connectivity index (χ0n) is 13.3. The third kappa shape index (κ3) is 7.34. The van der Waals surface area contributed by atoms with E-state index in [4.69, 9.17) is 0 Å². The van der Waals surface area contributed by atoms with Crippen LogP contribution >= 0.6 is 0 Å². The van der Waals surface area contributed by atoms with Crippen molar-refractivity contribution in [3.63, 3.8) is 0 Å². The summed E-state index contributed by atoms with van der Waals surface area (Å²) in [6, 6.07) is 0.604. The van der Waals surface area contributed by atoms with Crippen LogP contribution in [-0.4, -0.2) is 47.8 Å². The number of likely N-dealkylation sites (N-methyl/N-ethyl adjacent to an activating group) is 1. The molecule has 0 aliphatic carbocycles. The average Bonchev–Trinajstić information content (AvgIpc) is 2.27. The van der Waals surface area contributed by atoms with Gasteiger partial charge in [0, 0.05) is 18.1 Å². The van der Waals surface area contributed by atoms with Crippen molar-refractivity contribution < 1.29 is 5.11 Å². The number of aliphatic hydroxyl groups is 1. The van der Waals surface area contributed by atoms with Crippen LogP contribution in [0.1, 0.15) is 54.4 Å². The molecule has 110 valence electrons. The summed E-state index contributed by atoms with van der Waals surface area (Å²) in [6.07, 6.45) is 2.16. The number of hydrogen-bond donors (Lipinski definition) is 2. The molecule has 0 fully saturated rings. The first-order chi connectivity index (χ1) is 8.34. The van der Waals surface area contributed by atoms with Gasteiger partial charge in [-0.15, -0.1) is 0 Å². The molecule has 0 bridgehead atoms. The topological polar surface area (TPSA) is 35.5 Å². The van der Waals surface area contributed by atoms with Gasteiger partial charge in [0.25, 0.3) is 0 Å². The van der Waals surface area contributed by atoms with Gasteiger partial charge >= 0.3 is 0 Å². The Morgan fingerprint density at radius 3 is 2.22 bits per heavy atom. The minimum absolute atomic E-state index is 0.116. The van der Waals surface area contributed by atoms with Gasteiger partial charge in [-0.25, -0.2) is 0 Å². The van der Waals surface area contributed by atoms with E-state index in [0.29, 0.717) is 12.0 Å². The zero-order valence-corrected chi connectivity index (χ0v) is 13.3. The van der Waals surface area contributed by atoms with Gasteiger partial charge in [-0.05, 0) is 52.6 Å². The molecule has 1 unspecified atom stereocenters. The van der Waals surface area contributed by atoms with E-state index < -0.39 is 0 Å². The summed E-state index contributed by atoms with van der Waals surface area (Å²) in [5, 5.41) is 12.8. The molecule has 0 saturated heterocycles. The second kappa shape index (κ2) is 8.89. The molecule has 0 aromatic heterocycles. The van der Waals surface area contributed by atoms with E-state index in [2.05, 4.69) is 51.8 Å². The van der Waals surface area contributed by atoms with Crippen molar-refractivity contribution in [3.05, 3.63) is 0 Å². The van der Waals surface area contributed by atoms with E-state index in [-0.39, 0.29) is 12.1 Å². The molecule has 0 aromatic rings. The van der Waals surface area contributed by atoms with Crippen LogP contribution in [0, 0.1) is 5.92 Å². The van der Waals surface area contributed by atoms with E-state index in [1.165, 1.54) is 0 Å². The molecular formula is C15H34N2O. The van der Waals surface area contributed by atoms with Gasteiger partial charge in [-0.3, -0.25) is 0 Å². The van der Waals surface area contributed by atoms with Gasteiger partial charge in [0.1, 0.15) is 0 Å². The summed E-state index contributed by atoms with van der Waals surface area (Å²) in [4.78, 5) is 2.54. The van der Waals surface area contributed by atoms with E-state index in [9.17, 15) is 5.11 Å². The maximum absolute atomic E-state index is 9.46. The normalized spacial score (nSPS) is 15.7. The third-order valence-corrected chi connectivity index (χ3v) is 3.46. The highest BCUT2D eigenvalue weighted by Crippen LogP contribution is 2.13. The molecule has 0 heterocycles. The Labute approximate surface area is 114 Å². The second-order valence-electron chi connectivity index (χ2n) is 6.34. The molecule has 1 atom stereocenters. The molecule has 0 aliphatic rings. The quantitative estimate of drug-likeness (QED) is 0.632. The second-order valence-corrected chi connectivity index (χ2v) is 6.34. The molecule has 0 radical (unpaired) electrons. The van der Waals surface area contributed by atoms with Gasteiger partial charge in [0.15, 0.2) is 0 Å². The van der Waals surface area contributed by atoms with Crippen molar-refractivity contribution in [2.24, 2.45) is 5.92 Å². The monoisotopic (exact) mass is 258 g/mol. The van der Waals surface area contributed by atoms with E-state index in [1.807, 2.05) is 0 Å². The molecular weight excluding hydrogens is 224 g/mol. The molecule has 0 rings (SSSR count). The van der Waals surface area contributed by atoms with Gasteiger partial charge in [-0.1, -0.05) is 20.8 Å². The SMILES string of the molecule is CCNC(C)(CO)CCCN(CC(C)C)C(C)C. The molecule has 0 saturated carbocycles. The summed E-state index contributed by atoms with van der Waals surface area (Å²) < 4.78 is 0. The van der Waals surface area contributed by atoms with Crippen LogP contribution in [-0.2, 0) is 0 Å². The van der Waals surface area contributed by atoms with Crippen molar-refractivity contribution in [1.29, 1.82) is 0 Å². The summed E-state index contributed by atoms with van der Waals surface area (Å²) in [5.74, 6) is 0.713. The van der Waals surface area contributed by atoms with Crippen molar-refractivity contribution in [1.82, 2.24) is 10.2 Å². The van der Waals surface area contributed by atoms with Crippen molar-refractivity contribution in [3.8, 4) is 0 Å². The minimum Gasteiger partial charge on any atom is -0.394 e. The largest absolute Gasteiger partial charge is 0.394 e. The van der Waals surface area contributed by atoms with E-state index in [0.717, 1.165) is 32.5 Å². The van der Waals surface area contributed by atoms with Crippen LogP contribution in [0.2, 0.25) is 0 Å². The Morgan fingerprint density at radius 1 is 1.22 bits per heavy atom. The number of rotatable bonds is 10. The van der Waals surface area contributed by atoms with Crippen LogP contribution in [0.5, 0.6) is 0 Å². The summed E-state index contributed by atoms with van der Waals surface area (Å²) in [7, 11) is 0. The molecule has 2 N–H and O–H groups in total. The molecule has 0 amide bonds. The summed E-state index contributed by atoms with van der Waals surface area (Å²) in [6.45, 7) is 16.7. The number of nitrogens with one attached hydrogen (secondary N) is 1. The smallest absolute Gasteiger partial charge is 0.0610 e. The first kappa shape index (κ1) is 17.9. The Hall–Kier alpha value is -0.120.